The summed E-state index contributed by atoms with van der Waals surface area (Å²) in [6.45, 7) is 10.7. The number of aryl methyl sites for hydroxylation is 1. The summed E-state index contributed by atoms with van der Waals surface area (Å²) in [7, 11) is 3.25. The van der Waals surface area contributed by atoms with E-state index in [0.29, 0.717) is 24.7 Å². The molecule has 1 saturated heterocycles. The molecule has 1 aromatic heterocycles. The van der Waals surface area contributed by atoms with Gasteiger partial charge in [-0.15, -0.1) is 6.58 Å². The molecule has 1 N–H and O–H groups in total. The molecule has 7 nitrogen and oxygen atoms in total. The van der Waals surface area contributed by atoms with Crippen LogP contribution in [0.2, 0.25) is 0 Å². The highest BCUT2D eigenvalue weighted by molar-refractivity contribution is 5.44. The van der Waals surface area contributed by atoms with E-state index >= 15 is 0 Å². The van der Waals surface area contributed by atoms with Crippen LogP contribution in [0.25, 0.3) is 0 Å². The minimum Gasteiger partial charge on any atom is -0.493 e. The number of allylic oxidation sites excluding steroid dienone is 1. The fourth-order valence-electron chi connectivity index (χ4n) is 4.04. The van der Waals surface area contributed by atoms with Gasteiger partial charge in [0.05, 0.1) is 45.7 Å². The van der Waals surface area contributed by atoms with Gasteiger partial charge in [0, 0.05) is 24.3 Å². The van der Waals surface area contributed by atoms with Crippen molar-refractivity contribution in [1.29, 1.82) is 0 Å². The number of hydrogen-bond acceptors (Lipinski definition) is 6. The molecule has 3 rings (SSSR count). The third-order valence-electron chi connectivity index (χ3n) is 5.58. The van der Waals surface area contributed by atoms with Crippen LogP contribution in [-0.2, 0) is 17.8 Å². The minimum absolute atomic E-state index is 0.0524. The average Bonchev–Trinajstić information content (AvgIpc) is 3.00. The number of rotatable bonds is 8. The molecule has 2 heterocycles. The van der Waals surface area contributed by atoms with Gasteiger partial charge in [0.15, 0.2) is 11.5 Å². The van der Waals surface area contributed by atoms with E-state index in [1.165, 1.54) is 5.56 Å². The van der Waals surface area contributed by atoms with E-state index in [-0.39, 0.29) is 18.8 Å². The molecule has 0 saturated carbocycles. The lowest BCUT2D eigenvalue weighted by Crippen LogP contribution is -2.46. The molecule has 0 aliphatic carbocycles. The molecule has 0 amide bonds. The highest BCUT2D eigenvalue weighted by atomic mass is 16.5. The number of aliphatic hydroxyl groups excluding tert-OH is 1. The Morgan fingerprint density at radius 3 is 2.69 bits per heavy atom. The predicted molar refractivity (Wildman–Crippen MR) is 111 cm³/mol. The highest BCUT2D eigenvalue weighted by Gasteiger charge is 2.34. The zero-order chi connectivity index (χ0) is 21.0. The number of hydrogen-bond donors (Lipinski definition) is 1. The van der Waals surface area contributed by atoms with Gasteiger partial charge >= 0.3 is 0 Å². The van der Waals surface area contributed by atoms with Crippen molar-refractivity contribution >= 4 is 0 Å². The molecule has 1 aliphatic heterocycles. The average molecular weight is 402 g/mol. The first-order chi connectivity index (χ1) is 14.0. The van der Waals surface area contributed by atoms with Crippen LogP contribution in [0.15, 0.2) is 30.9 Å². The zero-order valence-corrected chi connectivity index (χ0v) is 17.7. The van der Waals surface area contributed by atoms with Gasteiger partial charge in [0.25, 0.3) is 0 Å². The fourth-order valence-corrected chi connectivity index (χ4v) is 4.04. The molecule has 0 unspecified atom stereocenters. The van der Waals surface area contributed by atoms with Crippen LogP contribution in [0.3, 0.4) is 0 Å². The van der Waals surface area contributed by atoms with Crippen molar-refractivity contribution in [2.75, 3.05) is 34.0 Å². The maximum atomic E-state index is 9.98. The Hall–Kier alpha value is -2.35. The van der Waals surface area contributed by atoms with Gasteiger partial charge in [-0.2, -0.15) is 5.10 Å². The standard InChI is InChI=1S/C22H31N3O4/c1-6-9-25-16(3)18(15(2)23-25)13-24-10-11-29-21(14-26)22(24)17-7-8-19(27-4)20(12-17)28-5/h6-8,12,21-22,26H,1,9-11,13-14H2,2-5H3/t21-,22-/m0/s1. The molecule has 1 aliphatic rings. The monoisotopic (exact) mass is 401 g/mol. The summed E-state index contributed by atoms with van der Waals surface area (Å²) >= 11 is 0. The Labute approximate surface area is 172 Å². The number of ether oxygens (including phenoxy) is 3. The molecular formula is C22H31N3O4. The molecule has 0 bridgehead atoms. The van der Waals surface area contributed by atoms with Crippen LogP contribution in [0.1, 0.15) is 28.6 Å². The summed E-state index contributed by atoms with van der Waals surface area (Å²) in [6, 6.07) is 5.77. The Bertz CT molecular complexity index is 849. The first-order valence-electron chi connectivity index (χ1n) is 9.86. The lowest BCUT2D eigenvalue weighted by molar-refractivity contribution is -0.0961. The number of aliphatic hydroxyl groups is 1. The van der Waals surface area contributed by atoms with Crippen molar-refractivity contribution in [2.24, 2.45) is 0 Å². The Morgan fingerprint density at radius 1 is 1.28 bits per heavy atom. The second-order valence-electron chi connectivity index (χ2n) is 7.24. The fraction of sp³-hybridized carbons (Fsp3) is 0.500. The highest BCUT2D eigenvalue weighted by Crippen LogP contribution is 2.36. The summed E-state index contributed by atoms with van der Waals surface area (Å²) in [6.07, 6.45) is 1.54. The second-order valence-corrected chi connectivity index (χ2v) is 7.24. The van der Waals surface area contributed by atoms with Crippen molar-refractivity contribution in [2.45, 2.75) is 39.1 Å². The van der Waals surface area contributed by atoms with Crippen molar-refractivity contribution in [3.63, 3.8) is 0 Å². The van der Waals surface area contributed by atoms with Crippen molar-refractivity contribution in [1.82, 2.24) is 14.7 Å². The number of benzene rings is 1. The van der Waals surface area contributed by atoms with Gasteiger partial charge in [-0.05, 0) is 31.5 Å². The third-order valence-corrected chi connectivity index (χ3v) is 5.58. The third kappa shape index (κ3) is 4.32. The SMILES string of the molecule is C=CCn1nc(C)c(CN2CCO[C@@H](CO)[C@@H]2c2ccc(OC)c(OC)c2)c1C. The summed E-state index contributed by atoms with van der Waals surface area (Å²) in [5, 5.41) is 14.6. The molecule has 0 spiro atoms. The van der Waals surface area contributed by atoms with Gasteiger partial charge in [-0.1, -0.05) is 12.1 Å². The first-order valence-corrected chi connectivity index (χ1v) is 9.86. The first kappa shape index (κ1) is 21.4. The molecule has 1 aromatic carbocycles. The van der Waals surface area contributed by atoms with Crippen LogP contribution in [-0.4, -0.2) is 59.9 Å². The molecule has 29 heavy (non-hydrogen) atoms. The molecule has 2 atom stereocenters. The smallest absolute Gasteiger partial charge is 0.161 e. The molecular weight excluding hydrogens is 370 g/mol. The maximum Gasteiger partial charge on any atom is 0.161 e. The predicted octanol–water partition coefficient (Wildman–Crippen LogP) is 2.64. The number of nitrogens with zero attached hydrogens (tertiary/aromatic N) is 3. The van der Waals surface area contributed by atoms with Crippen molar-refractivity contribution in [3.8, 4) is 11.5 Å². The topological polar surface area (TPSA) is 69.0 Å². The van der Waals surface area contributed by atoms with E-state index in [1.807, 2.05) is 35.9 Å². The summed E-state index contributed by atoms with van der Waals surface area (Å²) in [5.74, 6) is 1.34. The maximum absolute atomic E-state index is 9.98. The largest absolute Gasteiger partial charge is 0.493 e. The van der Waals surface area contributed by atoms with E-state index in [1.54, 1.807) is 14.2 Å². The van der Waals surface area contributed by atoms with Gasteiger partial charge < -0.3 is 19.3 Å². The van der Waals surface area contributed by atoms with E-state index < -0.39 is 0 Å². The van der Waals surface area contributed by atoms with Gasteiger partial charge in [0.2, 0.25) is 0 Å². The zero-order valence-electron chi connectivity index (χ0n) is 17.7. The Kier molecular flexibility index (Phi) is 6.95. The van der Waals surface area contributed by atoms with E-state index in [2.05, 4.69) is 23.5 Å². The van der Waals surface area contributed by atoms with E-state index in [4.69, 9.17) is 14.2 Å². The molecule has 158 valence electrons. The van der Waals surface area contributed by atoms with Crippen LogP contribution in [0, 0.1) is 13.8 Å². The van der Waals surface area contributed by atoms with Crippen LogP contribution >= 0.6 is 0 Å². The quantitative estimate of drug-likeness (QED) is 0.686. The number of morpholine rings is 1. The minimum atomic E-state index is -0.314. The normalized spacial score (nSPS) is 19.9. The number of methoxy groups -OCH3 is 2. The summed E-state index contributed by atoms with van der Waals surface area (Å²) < 4.78 is 18.7. The Balaban J connectivity index is 1.96. The molecule has 1 fully saturated rings. The second kappa shape index (κ2) is 9.43. The van der Waals surface area contributed by atoms with Crippen LogP contribution in [0.5, 0.6) is 11.5 Å². The van der Waals surface area contributed by atoms with E-state index in [9.17, 15) is 5.11 Å². The molecule has 0 radical (unpaired) electrons. The van der Waals surface area contributed by atoms with Crippen LogP contribution in [0.4, 0.5) is 0 Å². The van der Waals surface area contributed by atoms with Crippen LogP contribution < -0.4 is 9.47 Å². The molecule has 2 aromatic rings. The van der Waals surface area contributed by atoms with Crippen molar-refractivity contribution < 1.29 is 19.3 Å². The lowest BCUT2D eigenvalue weighted by atomic mass is 9.97. The lowest BCUT2D eigenvalue weighted by Gasteiger charge is -2.41. The summed E-state index contributed by atoms with van der Waals surface area (Å²) in [4.78, 5) is 2.35. The van der Waals surface area contributed by atoms with Crippen molar-refractivity contribution in [3.05, 3.63) is 53.4 Å². The Morgan fingerprint density at radius 2 is 2.03 bits per heavy atom. The van der Waals surface area contributed by atoms with Gasteiger partial charge in [-0.3, -0.25) is 9.58 Å². The number of aromatic nitrogens is 2. The van der Waals surface area contributed by atoms with Gasteiger partial charge in [0.1, 0.15) is 6.10 Å². The van der Waals surface area contributed by atoms with Gasteiger partial charge in [-0.25, -0.2) is 0 Å². The molecule has 7 heteroatoms. The summed E-state index contributed by atoms with van der Waals surface area (Å²) in [5.41, 5.74) is 4.38. The van der Waals surface area contributed by atoms with E-state index in [0.717, 1.165) is 30.0 Å².